The smallest absolute Gasteiger partial charge is 0.338 e. The van der Waals surface area contributed by atoms with Crippen molar-refractivity contribution in [2.24, 2.45) is 0 Å². The molecule has 0 aliphatic carbocycles. The first-order valence-corrected chi connectivity index (χ1v) is 11.0. The van der Waals surface area contributed by atoms with Gasteiger partial charge in [-0.2, -0.15) is 0 Å². The summed E-state index contributed by atoms with van der Waals surface area (Å²) in [6.07, 6.45) is 6.15. The molecule has 4 rings (SSSR count). The zero-order valence-electron chi connectivity index (χ0n) is 19.7. The Hall–Kier alpha value is -4.40. The molecule has 0 unspecified atom stereocenters. The third-order valence-corrected chi connectivity index (χ3v) is 5.09. The number of carbonyl (C=O) groups excluding carboxylic acids is 2. The molecule has 3 aromatic heterocycles. The van der Waals surface area contributed by atoms with E-state index >= 15 is 0 Å². The Bertz CT molecular complexity index is 1420. The quantitative estimate of drug-likeness (QED) is 0.430. The molecule has 0 spiro atoms. The van der Waals surface area contributed by atoms with Gasteiger partial charge in [-0.15, -0.1) is 0 Å². The van der Waals surface area contributed by atoms with Crippen LogP contribution in [0.2, 0.25) is 0 Å². The molecule has 0 aliphatic heterocycles. The van der Waals surface area contributed by atoms with Crippen molar-refractivity contribution in [1.29, 1.82) is 0 Å². The zero-order chi connectivity index (χ0) is 25.0. The molecule has 1 aromatic carbocycles. The predicted molar refractivity (Wildman–Crippen MR) is 130 cm³/mol. The third kappa shape index (κ3) is 5.94. The maximum atomic E-state index is 13.1. The van der Waals surface area contributed by atoms with Crippen molar-refractivity contribution < 1.29 is 14.3 Å². The van der Waals surface area contributed by atoms with Gasteiger partial charge in [-0.05, 0) is 62.2 Å². The number of esters is 1. The lowest BCUT2D eigenvalue weighted by atomic mass is 10.1. The number of aromatic nitrogens is 4. The highest BCUT2D eigenvalue weighted by Crippen LogP contribution is 2.14. The Morgan fingerprint density at radius 3 is 2.40 bits per heavy atom. The maximum absolute atomic E-state index is 13.1. The third-order valence-electron chi connectivity index (χ3n) is 5.09. The van der Waals surface area contributed by atoms with Gasteiger partial charge >= 0.3 is 5.97 Å². The molecule has 1 amide bonds. The lowest BCUT2D eigenvalue weighted by Crippen LogP contribution is -2.25. The minimum atomic E-state index is -0.580. The number of ether oxygens (including phenoxy) is 1. The van der Waals surface area contributed by atoms with Crippen LogP contribution in [0.3, 0.4) is 0 Å². The van der Waals surface area contributed by atoms with Gasteiger partial charge < -0.3 is 10.1 Å². The first-order valence-electron chi connectivity index (χ1n) is 11.0. The van der Waals surface area contributed by atoms with Crippen LogP contribution in [-0.4, -0.2) is 37.0 Å². The van der Waals surface area contributed by atoms with Crippen molar-refractivity contribution in [2.45, 2.75) is 39.5 Å². The van der Waals surface area contributed by atoms with Crippen LogP contribution in [-0.2, 0) is 17.8 Å². The highest BCUT2D eigenvalue weighted by Gasteiger charge is 2.18. The van der Waals surface area contributed by atoms with Gasteiger partial charge in [-0.3, -0.25) is 19.1 Å². The largest absolute Gasteiger partial charge is 0.456 e. The van der Waals surface area contributed by atoms with E-state index in [0.29, 0.717) is 23.0 Å². The summed E-state index contributed by atoms with van der Waals surface area (Å²) in [6.45, 7) is 6.00. The molecule has 0 bridgehead atoms. The Kier molecular flexibility index (Phi) is 6.68. The number of carbonyl (C=O) groups is 2. The van der Waals surface area contributed by atoms with Crippen molar-refractivity contribution >= 4 is 22.8 Å². The minimum Gasteiger partial charge on any atom is -0.456 e. The lowest BCUT2D eigenvalue weighted by molar-refractivity contribution is 0.00694. The van der Waals surface area contributed by atoms with Crippen molar-refractivity contribution in [1.82, 2.24) is 24.8 Å². The number of amides is 1. The molecule has 3 heterocycles. The summed E-state index contributed by atoms with van der Waals surface area (Å²) >= 11 is 0. The second kappa shape index (κ2) is 9.84. The van der Waals surface area contributed by atoms with Gasteiger partial charge in [0, 0.05) is 18.9 Å². The van der Waals surface area contributed by atoms with Crippen LogP contribution >= 0.6 is 0 Å². The Labute approximate surface area is 201 Å². The van der Waals surface area contributed by atoms with Crippen LogP contribution in [0.15, 0.2) is 72.2 Å². The summed E-state index contributed by atoms with van der Waals surface area (Å²) < 4.78 is 6.82. The number of pyridine rings is 2. The highest BCUT2D eigenvalue weighted by atomic mass is 16.6. The van der Waals surface area contributed by atoms with Crippen LogP contribution in [0.25, 0.3) is 10.9 Å². The second-order valence-corrected chi connectivity index (χ2v) is 9.00. The average molecular weight is 472 g/mol. The van der Waals surface area contributed by atoms with Crippen LogP contribution in [0.5, 0.6) is 0 Å². The maximum Gasteiger partial charge on any atom is 0.338 e. The van der Waals surface area contributed by atoms with Gasteiger partial charge in [-0.1, -0.05) is 12.1 Å². The van der Waals surface area contributed by atoms with E-state index in [9.17, 15) is 14.4 Å². The number of hydrogen-bond donors (Lipinski definition) is 1. The summed E-state index contributed by atoms with van der Waals surface area (Å²) in [6, 6.07) is 11.9. The molecule has 178 valence electrons. The molecule has 35 heavy (non-hydrogen) atoms. The molecule has 0 saturated carbocycles. The molecule has 9 nitrogen and oxygen atoms in total. The van der Waals surface area contributed by atoms with E-state index in [-0.39, 0.29) is 17.8 Å². The first-order chi connectivity index (χ1) is 16.7. The number of fused-ring (bicyclic) bond motifs is 1. The van der Waals surface area contributed by atoms with Gasteiger partial charge in [0.15, 0.2) is 0 Å². The van der Waals surface area contributed by atoms with Gasteiger partial charge in [0.1, 0.15) is 11.3 Å². The number of benzene rings is 1. The van der Waals surface area contributed by atoms with Crippen LogP contribution in [0.4, 0.5) is 0 Å². The average Bonchev–Trinajstić information content (AvgIpc) is 2.84. The molecular weight excluding hydrogens is 446 g/mol. The highest BCUT2D eigenvalue weighted by molar-refractivity contribution is 5.95. The van der Waals surface area contributed by atoms with E-state index < -0.39 is 17.5 Å². The first kappa shape index (κ1) is 23.7. The lowest BCUT2D eigenvalue weighted by Gasteiger charge is -2.19. The fourth-order valence-corrected chi connectivity index (χ4v) is 3.35. The van der Waals surface area contributed by atoms with E-state index in [2.05, 4.69) is 20.3 Å². The van der Waals surface area contributed by atoms with Crippen molar-refractivity contribution in [3.05, 3.63) is 100 Å². The van der Waals surface area contributed by atoms with Crippen molar-refractivity contribution in [3.63, 3.8) is 0 Å². The molecule has 4 aromatic rings. The Morgan fingerprint density at radius 2 is 1.71 bits per heavy atom. The van der Waals surface area contributed by atoms with Crippen molar-refractivity contribution in [3.8, 4) is 0 Å². The summed E-state index contributed by atoms with van der Waals surface area (Å²) in [5.74, 6) is -0.799. The number of nitrogens with zero attached hydrogens (tertiary/aromatic N) is 4. The molecule has 0 aliphatic rings. The summed E-state index contributed by atoms with van der Waals surface area (Å²) in [4.78, 5) is 50.3. The van der Waals surface area contributed by atoms with Crippen LogP contribution in [0, 0.1) is 0 Å². The molecule has 9 heteroatoms. The van der Waals surface area contributed by atoms with Crippen LogP contribution < -0.4 is 10.9 Å². The minimum absolute atomic E-state index is 0.130. The fourth-order valence-electron chi connectivity index (χ4n) is 3.35. The second-order valence-electron chi connectivity index (χ2n) is 9.00. The molecule has 0 atom stereocenters. The molecule has 1 N–H and O–H groups in total. The van der Waals surface area contributed by atoms with E-state index in [1.807, 2.05) is 20.8 Å². The van der Waals surface area contributed by atoms with E-state index in [4.69, 9.17) is 4.74 Å². The zero-order valence-corrected chi connectivity index (χ0v) is 19.7. The topological polar surface area (TPSA) is 116 Å². The van der Waals surface area contributed by atoms with Crippen LogP contribution in [0.1, 0.15) is 52.7 Å². The van der Waals surface area contributed by atoms with Gasteiger partial charge in [0.2, 0.25) is 0 Å². The molecule has 0 fully saturated rings. The van der Waals surface area contributed by atoms with E-state index in [1.54, 1.807) is 48.8 Å². The molecule has 0 saturated heterocycles. The normalized spacial score (nSPS) is 11.3. The summed E-state index contributed by atoms with van der Waals surface area (Å²) in [7, 11) is 0. The Balaban J connectivity index is 1.51. The SMILES string of the molecule is CC(C)(C)OC(=O)c1ccc(Cn2cnc3cnc(C(=O)NCc4ccncc4)cc3c2=O)cc1. The van der Waals surface area contributed by atoms with Gasteiger partial charge in [0.25, 0.3) is 11.5 Å². The number of hydrogen-bond acceptors (Lipinski definition) is 7. The molecule has 0 radical (unpaired) electrons. The van der Waals surface area contributed by atoms with E-state index in [1.165, 1.54) is 23.2 Å². The summed E-state index contributed by atoms with van der Waals surface area (Å²) in [5.41, 5.74) is 1.80. The molecular formula is C26H25N5O4. The van der Waals surface area contributed by atoms with E-state index in [0.717, 1.165) is 11.1 Å². The number of rotatable bonds is 6. The standard InChI is InChI=1S/C26H25N5O4/c1-26(2,3)35-25(34)19-6-4-18(5-7-19)15-31-16-30-22-14-28-21(12-20(22)24(31)33)23(32)29-13-17-8-10-27-11-9-17/h4-12,14,16H,13,15H2,1-3H3,(H,29,32). The number of nitrogens with one attached hydrogen (secondary N) is 1. The van der Waals surface area contributed by atoms with Gasteiger partial charge in [0.05, 0.1) is 35.5 Å². The predicted octanol–water partition coefficient (Wildman–Crippen LogP) is 3.12. The fraction of sp³-hybridized carbons (Fsp3) is 0.231. The van der Waals surface area contributed by atoms with Crippen molar-refractivity contribution in [2.75, 3.05) is 0 Å². The Morgan fingerprint density at radius 1 is 1.00 bits per heavy atom. The van der Waals surface area contributed by atoms with Gasteiger partial charge in [-0.25, -0.2) is 14.8 Å². The monoisotopic (exact) mass is 471 g/mol. The summed E-state index contributed by atoms with van der Waals surface area (Å²) in [5, 5.41) is 3.08.